The number of hydrogen-bond acceptors (Lipinski definition) is 8. The molecule has 9 nitrogen and oxygen atoms in total. The molecule has 31 heavy (non-hydrogen) atoms. The minimum Gasteiger partial charge on any atom is -0.454 e. The normalized spacial score (nSPS) is 17.9. The molecule has 2 aliphatic heterocycles. The van der Waals surface area contributed by atoms with Crippen LogP contribution in [0.25, 0.3) is 11.1 Å². The standard InChI is InChI=1S/C13H18N2O2.C9H8N2O3/c1-10-8-15(6-5-14(10)2)11-3-4-12-13(7-11)17-9-16-12;12-4-3-10-6-1-2-7-8(5-6)14-9(13)11-7/h3-4,7,10H,5-6,8-9H2,1-2H3;1-2,4-5,10H,3H2,(H,11,13). The topological polar surface area (TPSA) is 100 Å². The van der Waals surface area contributed by atoms with Gasteiger partial charge in [0.15, 0.2) is 17.1 Å². The van der Waals surface area contributed by atoms with Crippen LogP contribution in [0.15, 0.2) is 45.6 Å². The van der Waals surface area contributed by atoms with Crippen molar-refractivity contribution >= 4 is 28.8 Å². The van der Waals surface area contributed by atoms with Crippen molar-refractivity contribution in [3.05, 3.63) is 46.9 Å². The number of rotatable bonds is 4. The van der Waals surface area contributed by atoms with Gasteiger partial charge in [0.05, 0.1) is 12.1 Å². The summed E-state index contributed by atoms with van der Waals surface area (Å²) in [6, 6.07) is 11.9. The Morgan fingerprint density at radius 1 is 1.16 bits per heavy atom. The number of carbonyl (C=O) groups is 1. The number of carbonyl (C=O) groups excluding carboxylic acids is 1. The molecule has 2 N–H and O–H groups in total. The molecule has 1 fully saturated rings. The quantitative estimate of drug-likeness (QED) is 0.613. The Morgan fingerprint density at radius 2 is 2.00 bits per heavy atom. The third kappa shape index (κ3) is 4.83. The molecule has 2 aliphatic rings. The van der Waals surface area contributed by atoms with E-state index in [4.69, 9.17) is 13.9 Å². The summed E-state index contributed by atoms with van der Waals surface area (Å²) in [6.07, 6.45) is 0.761. The molecule has 0 amide bonds. The molecular formula is C22H26N4O5. The molecule has 1 aromatic heterocycles. The highest BCUT2D eigenvalue weighted by atomic mass is 16.7. The van der Waals surface area contributed by atoms with Crippen LogP contribution in [0, 0.1) is 0 Å². The highest BCUT2D eigenvalue weighted by molar-refractivity contribution is 5.77. The lowest BCUT2D eigenvalue weighted by atomic mass is 10.1. The lowest BCUT2D eigenvalue weighted by Gasteiger charge is -2.39. The number of nitrogens with zero attached hydrogens (tertiary/aromatic N) is 2. The summed E-state index contributed by atoms with van der Waals surface area (Å²) < 4.78 is 15.6. The van der Waals surface area contributed by atoms with Crippen molar-refractivity contribution in [1.29, 1.82) is 0 Å². The van der Waals surface area contributed by atoms with Crippen LogP contribution in [-0.2, 0) is 4.79 Å². The van der Waals surface area contributed by atoms with Gasteiger partial charge >= 0.3 is 5.76 Å². The number of anilines is 2. The number of aromatic nitrogens is 1. The van der Waals surface area contributed by atoms with E-state index in [0.29, 0.717) is 23.9 Å². The number of aromatic amines is 1. The maximum Gasteiger partial charge on any atom is 0.417 e. The average Bonchev–Trinajstić information content (AvgIpc) is 3.39. The zero-order chi connectivity index (χ0) is 21.8. The van der Waals surface area contributed by atoms with Crippen LogP contribution in [0.1, 0.15) is 6.92 Å². The fourth-order valence-electron chi connectivity index (χ4n) is 3.58. The SMILES string of the molecule is CC1CN(c2ccc3c(c2)OCO3)CCN1C.O=CCNc1ccc2[nH]c(=O)oc2c1. The second-order valence-corrected chi connectivity index (χ2v) is 7.59. The second-order valence-electron chi connectivity index (χ2n) is 7.59. The molecule has 0 aliphatic carbocycles. The van der Waals surface area contributed by atoms with Gasteiger partial charge < -0.3 is 33.8 Å². The van der Waals surface area contributed by atoms with Crippen molar-refractivity contribution in [3.63, 3.8) is 0 Å². The molecule has 5 rings (SSSR count). The Balaban J connectivity index is 0.000000152. The van der Waals surface area contributed by atoms with E-state index in [9.17, 15) is 9.59 Å². The van der Waals surface area contributed by atoms with Gasteiger partial charge in [0.1, 0.15) is 6.29 Å². The molecule has 1 unspecified atom stereocenters. The highest BCUT2D eigenvalue weighted by Crippen LogP contribution is 2.35. The van der Waals surface area contributed by atoms with Crippen LogP contribution in [-0.4, -0.2) is 62.2 Å². The summed E-state index contributed by atoms with van der Waals surface area (Å²) in [5.41, 5.74) is 3.10. The van der Waals surface area contributed by atoms with Crippen molar-refractivity contribution in [2.24, 2.45) is 0 Å². The third-order valence-corrected chi connectivity index (χ3v) is 5.49. The Kier molecular flexibility index (Phi) is 6.13. The Hall–Kier alpha value is -3.46. The third-order valence-electron chi connectivity index (χ3n) is 5.49. The van der Waals surface area contributed by atoms with Gasteiger partial charge in [0, 0.05) is 49.2 Å². The number of oxazole rings is 1. The zero-order valence-corrected chi connectivity index (χ0v) is 17.6. The van der Waals surface area contributed by atoms with E-state index in [1.54, 1.807) is 18.2 Å². The summed E-state index contributed by atoms with van der Waals surface area (Å²) in [4.78, 5) is 28.2. The van der Waals surface area contributed by atoms with E-state index >= 15 is 0 Å². The van der Waals surface area contributed by atoms with Gasteiger partial charge in [0.25, 0.3) is 0 Å². The van der Waals surface area contributed by atoms with Crippen LogP contribution in [0.4, 0.5) is 11.4 Å². The number of nitrogens with one attached hydrogen (secondary N) is 2. The summed E-state index contributed by atoms with van der Waals surface area (Å²) in [5, 5.41) is 2.85. The van der Waals surface area contributed by atoms with Crippen LogP contribution in [0.3, 0.4) is 0 Å². The monoisotopic (exact) mass is 426 g/mol. The van der Waals surface area contributed by atoms with Crippen LogP contribution in [0.2, 0.25) is 0 Å². The number of likely N-dealkylation sites (N-methyl/N-ethyl adjacent to an activating group) is 1. The van der Waals surface area contributed by atoms with Crippen molar-refractivity contribution in [1.82, 2.24) is 9.88 Å². The smallest absolute Gasteiger partial charge is 0.417 e. The Labute approximate surface area is 179 Å². The molecule has 0 bridgehead atoms. The number of aldehydes is 1. The molecular weight excluding hydrogens is 400 g/mol. The van der Waals surface area contributed by atoms with Crippen molar-refractivity contribution in [3.8, 4) is 11.5 Å². The first-order valence-electron chi connectivity index (χ1n) is 10.2. The number of ether oxygens (including phenoxy) is 2. The Bertz CT molecular complexity index is 1110. The van der Waals surface area contributed by atoms with E-state index in [0.717, 1.165) is 43.1 Å². The molecule has 1 saturated heterocycles. The van der Waals surface area contributed by atoms with E-state index in [-0.39, 0.29) is 6.54 Å². The molecule has 3 heterocycles. The predicted molar refractivity (Wildman–Crippen MR) is 118 cm³/mol. The predicted octanol–water partition coefficient (Wildman–Crippen LogP) is 2.29. The zero-order valence-electron chi connectivity index (χ0n) is 17.6. The molecule has 9 heteroatoms. The minimum absolute atomic E-state index is 0.236. The number of piperazine rings is 1. The molecule has 0 saturated carbocycles. The summed E-state index contributed by atoms with van der Waals surface area (Å²) in [6.45, 7) is 6.09. The van der Waals surface area contributed by atoms with Crippen molar-refractivity contribution < 1.29 is 18.7 Å². The maximum absolute atomic E-state index is 10.8. The number of benzene rings is 2. The summed E-state index contributed by atoms with van der Waals surface area (Å²) >= 11 is 0. The molecule has 0 spiro atoms. The molecule has 0 radical (unpaired) electrons. The van der Waals surface area contributed by atoms with Gasteiger partial charge in [-0.3, -0.25) is 4.98 Å². The van der Waals surface area contributed by atoms with E-state index in [1.165, 1.54) is 5.69 Å². The van der Waals surface area contributed by atoms with Gasteiger partial charge in [0.2, 0.25) is 6.79 Å². The van der Waals surface area contributed by atoms with Gasteiger partial charge in [-0.1, -0.05) is 0 Å². The Morgan fingerprint density at radius 3 is 2.81 bits per heavy atom. The second kappa shape index (κ2) is 9.13. The first-order chi connectivity index (χ1) is 15.0. The van der Waals surface area contributed by atoms with E-state index in [1.807, 2.05) is 6.07 Å². The van der Waals surface area contributed by atoms with Gasteiger partial charge in [-0.2, -0.15) is 0 Å². The van der Waals surface area contributed by atoms with Crippen molar-refractivity contribution in [2.45, 2.75) is 13.0 Å². The minimum atomic E-state index is -0.479. The van der Waals surface area contributed by atoms with Gasteiger partial charge in [-0.05, 0) is 38.2 Å². The first-order valence-corrected chi connectivity index (χ1v) is 10.2. The highest BCUT2D eigenvalue weighted by Gasteiger charge is 2.22. The molecule has 1 atom stereocenters. The van der Waals surface area contributed by atoms with E-state index < -0.39 is 5.76 Å². The van der Waals surface area contributed by atoms with Crippen LogP contribution in [0.5, 0.6) is 11.5 Å². The lowest BCUT2D eigenvalue weighted by Crippen LogP contribution is -2.50. The largest absolute Gasteiger partial charge is 0.454 e. The van der Waals surface area contributed by atoms with Gasteiger partial charge in [-0.15, -0.1) is 0 Å². The summed E-state index contributed by atoms with van der Waals surface area (Å²) in [5.74, 6) is 1.25. The van der Waals surface area contributed by atoms with Crippen LogP contribution >= 0.6 is 0 Å². The van der Waals surface area contributed by atoms with Gasteiger partial charge in [-0.25, -0.2) is 4.79 Å². The fourth-order valence-corrected chi connectivity index (χ4v) is 3.58. The average molecular weight is 426 g/mol. The number of fused-ring (bicyclic) bond motifs is 2. The fraction of sp³-hybridized carbons (Fsp3) is 0.364. The van der Waals surface area contributed by atoms with E-state index in [2.05, 4.69) is 46.2 Å². The lowest BCUT2D eigenvalue weighted by molar-refractivity contribution is -0.106. The molecule has 2 aromatic carbocycles. The van der Waals surface area contributed by atoms with Crippen LogP contribution < -0.4 is 25.4 Å². The summed E-state index contributed by atoms with van der Waals surface area (Å²) in [7, 11) is 2.18. The number of H-pyrrole nitrogens is 1. The molecule has 3 aromatic rings. The number of hydrogen-bond donors (Lipinski definition) is 2. The van der Waals surface area contributed by atoms with Crippen molar-refractivity contribution in [2.75, 3.05) is 50.2 Å². The molecule has 164 valence electrons. The maximum atomic E-state index is 10.8. The first kappa shape index (κ1) is 20.8.